The van der Waals surface area contributed by atoms with E-state index in [1.54, 1.807) is 19.1 Å². The fourth-order valence-electron chi connectivity index (χ4n) is 1.99. The second kappa shape index (κ2) is 6.25. The summed E-state index contributed by atoms with van der Waals surface area (Å²) >= 11 is 0. The summed E-state index contributed by atoms with van der Waals surface area (Å²) in [6, 6.07) is 4.24. The first-order valence-electron chi connectivity index (χ1n) is 6.59. The predicted molar refractivity (Wildman–Crippen MR) is 74.4 cm³/mol. The van der Waals surface area contributed by atoms with Crippen LogP contribution in [0.3, 0.4) is 0 Å². The minimum atomic E-state index is -0.960. The Morgan fingerprint density at radius 1 is 1.48 bits per heavy atom. The molecule has 0 radical (unpaired) electrons. The summed E-state index contributed by atoms with van der Waals surface area (Å²) in [5, 5.41) is 14.1. The molecule has 2 rings (SSSR count). The molecule has 21 heavy (non-hydrogen) atoms. The predicted octanol–water partition coefficient (Wildman–Crippen LogP) is 1.00. The van der Waals surface area contributed by atoms with Gasteiger partial charge in [0, 0.05) is 11.6 Å². The number of hydrogen-bond acceptors (Lipinski definition) is 4. The number of carboxylic acids is 1. The summed E-state index contributed by atoms with van der Waals surface area (Å²) in [5.41, 5.74) is 0.870. The number of carbonyl (C=O) groups is 3. The molecule has 1 aliphatic heterocycles. The van der Waals surface area contributed by atoms with Crippen LogP contribution >= 0.6 is 0 Å². The molecule has 3 N–H and O–H groups in total. The van der Waals surface area contributed by atoms with Gasteiger partial charge in [0.05, 0.1) is 12.1 Å². The van der Waals surface area contributed by atoms with Gasteiger partial charge in [-0.25, -0.2) is 0 Å². The van der Waals surface area contributed by atoms with Crippen molar-refractivity contribution in [2.24, 2.45) is 0 Å². The molecule has 0 saturated carbocycles. The van der Waals surface area contributed by atoms with Gasteiger partial charge in [-0.3, -0.25) is 14.4 Å². The monoisotopic (exact) mass is 292 g/mol. The Labute approximate surface area is 121 Å². The van der Waals surface area contributed by atoms with Crippen molar-refractivity contribution in [1.29, 1.82) is 0 Å². The highest BCUT2D eigenvalue weighted by Gasteiger charge is 2.19. The number of nitrogens with one attached hydrogen (secondary N) is 2. The van der Waals surface area contributed by atoms with E-state index in [0.29, 0.717) is 23.4 Å². The van der Waals surface area contributed by atoms with Crippen LogP contribution in [0.2, 0.25) is 0 Å². The topological polar surface area (TPSA) is 105 Å². The Kier molecular flexibility index (Phi) is 4.42. The molecule has 2 amide bonds. The molecule has 1 aromatic carbocycles. The lowest BCUT2D eigenvalue weighted by Crippen LogP contribution is -2.36. The van der Waals surface area contributed by atoms with Gasteiger partial charge in [-0.15, -0.1) is 0 Å². The van der Waals surface area contributed by atoms with E-state index >= 15 is 0 Å². The van der Waals surface area contributed by atoms with Gasteiger partial charge in [-0.2, -0.15) is 0 Å². The van der Waals surface area contributed by atoms with Crippen molar-refractivity contribution >= 4 is 23.5 Å². The number of ether oxygens (including phenoxy) is 1. The molecule has 1 atom stereocenters. The van der Waals surface area contributed by atoms with E-state index in [2.05, 4.69) is 10.6 Å². The Hall–Kier alpha value is -2.57. The van der Waals surface area contributed by atoms with Crippen LogP contribution in [0.15, 0.2) is 18.2 Å². The smallest absolute Gasteiger partial charge is 0.305 e. The van der Waals surface area contributed by atoms with Crippen LogP contribution in [0.4, 0.5) is 5.69 Å². The molecule has 0 spiro atoms. The largest absolute Gasteiger partial charge is 0.482 e. The van der Waals surface area contributed by atoms with Gasteiger partial charge in [-0.1, -0.05) is 6.92 Å². The lowest BCUT2D eigenvalue weighted by molar-refractivity contribution is -0.137. The van der Waals surface area contributed by atoms with E-state index in [1.807, 2.05) is 0 Å². The number of hydrogen-bond donors (Lipinski definition) is 3. The molecular formula is C14H16N2O5. The number of fused-ring (bicyclic) bond motifs is 1. The van der Waals surface area contributed by atoms with Gasteiger partial charge in [0.25, 0.3) is 11.8 Å². The SMILES string of the molecule is CCC(CC(=O)O)NC(=O)c1ccc2c(c1)OCC(=O)N2. The fourth-order valence-corrected chi connectivity index (χ4v) is 1.99. The van der Waals surface area contributed by atoms with Crippen LogP contribution in [0, 0.1) is 0 Å². The van der Waals surface area contributed by atoms with Gasteiger partial charge in [0.15, 0.2) is 6.61 Å². The minimum absolute atomic E-state index is 0.0886. The molecule has 1 heterocycles. The van der Waals surface area contributed by atoms with Crippen molar-refractivity contribution in [1.82, 2.24) is 5.32 Å². The zero-order valence-electron chi connectivity index (χ0n) is 11.5. The molecule has 0 bridgehead atoms. The van der Waals surface area contributed by atoms with E-state index in [1.165, 1.54) is 6.07 Å². The lowest BCUT2D eigenvalue weighted by Gasteiger charge is -2.19. The van der Waals surface area contributed by atoms with Crippen molar-refractivity contribution in [3.05, 3.63) is 23.8 Å². The van der Waals surface area contributed by atoms with Gasteiger partial charge in [0.2, 0.25) is 0 Å². The Bertz CT molecular complexity index is 585. The van der Waals surface area contributed by atoms with E-state index in [-0.39, 0.29) is 24.8 Å². The first kappa shape index (κ1) is 14.8. The van der Waals surface area contributed by atoms with Crippen molar-refractivity contribution in [2.75, 3.05) is 11.9 Å². The summed E-state index contributed by atoms with van der Waals surface area (Å²) in [6.07, 6.45) is 0.398. The van der Waals surface area contributed by atoms with Gasteiger partial charge < -0.3 is 20.5 Å². The molecule has 0 aromatic heterocycles. The molecule has 1 unspecified atom stereocenters. The van der Waals surface area contributed by atoms with Gasteiger partial charge >= 0.3 is 5.97 Å². The highest BCUT2D eigenvalue weighted by atomic mass is 16.5. The summed E-state index contributed by atoms with van der Waals surface area (Å²) in [7, 11) is 0. The molecule has 1 aliphatic rings. The number of carbonyl (C=O) groups excluding carboxylic acids is 2. The Morgan fingerprint density at radius 2 is 2.24 bits per heavy atom. The van der Waals surface area contributed by atoms with Gasteiger partial charge in [-0.05, 0) is 24.6 Å². The Morgan fingerprint density at radius 3 is 2.90 bits per heavy atom. The van der Waals surface area contributed by atoms with E-state index in [4.69, 9.17) is 9.84 Å². The second-order valence-electron chi connectivity index (χ2n) is 4.72. The van der Waals surface area contributed by atoms with Crippen molar-refractivity contribution in [3.63, 3.8) is 0 Å². The maximum Gasteiger partial charge on any atom is 0.305 e. The maximum absolute atomic E-state index is 12.1. The number of aliphatic carboxylic acids is 1. The van der Waals surface area contributed by atoms with Crippen LogP contribution in [0.5, 0.6) is 5.75 Å². The molecular weight excluding hydrogens is 276 g/mol. The van der Waals surface area contributed by atoms with Crippen LogP contribution < -0.4 is 15.4 Å². The summed E-state index contributed by atoms with van der Waals surface area (Å²) < 4.78 is 5.24. The number of rotatable bonds is 5. The average Bonchev–Trinajstić information content (AvgIpc) is 2.45. The van der Waals surface area contributed by atoms with Crippen LogP contribution in [-0.4, -0.2) is 35.5 Å². The molecule has 112 valence electrons. The normalized spacial score (nSPS) is 14.4. The first-order chi connectivity index (χ1) is 9.99. The zero-order chi connectivity index (χ0) is 15.4. The van der Waals surface area contributed by atoms with Crippen molar-refractivity contribution in [3.8, 4) is 5.75 Å². The van der Waals surface area contributed by atoms with E-state index < -0.39 is 12.0 Å². The highest BCUT2D eigenvalue weighted by Crippen LogP contribution is 2.28. The van der Waals surface area contributed by atoms with Crippen LogP contribution in [0.25, 0.3) is 0 Å². The quantitative estimate of drug-likeness (QED) is 0.751. The Balaban J connectivity index is 2.09. The third kappa shape index (κ3) is 3.71. The number of benzene rings is 1. The molecule has 0 aliphatic carbocycles. The maximum atomic E-state index is 12.1. The third-order valence-electron chi connectivity index (χ3n) is 3.13. The average molecular weight is 292 g/mol. The molecule has 7 nitrogen and oxygen atoms in total. The number of anilines is 1. The molecule has 1 aromatic rings. The molecule has 0 saturated heterocycles. The van der Waals surface area contributed by atoms with Gasteiger partial charge in [0.1, 0.15) is 5.75 Å². The van der Waals surface area contributed by atoms with Crippen LogP contribution in [-0.2, 0) is 9.59 Å². The van der Waals surface area contributed by atoms with Crippen LogP contribution in [0.1, 0.15) is 30.1 Å². The van der Waals surface area contributed by atoms with E-state index in [9.17, 15) is 14.4 Å². The molecule has 7 heteroatoms. The van der Waals surface area contributed by atoms with E-state index in [0.717, 1.165) is 0 Å². The van der Waals surface area contributed by atoms with Crippen molar-refractivity contribution in [2.45, 2.75) is 25.8 Å². The summed E-state index contributed by atoms with van der Waals surface area (Å²) in [5.74, 6) is -1.15. The summed E-state index contributed by atoms with van der Waals surface area (Å²) in [6.45, 7) is 1.72. The second-order valence-corrected chi connectivity index (χ2v) is 4.72. The first-order valence-corrected chi connectivity index (χ1v) is 6.59. The minimum Gasteiger partial charge on any atom is -0.482 e. The summed E-state index contributed by atoms with van der Waals surface area (Å²) in [4.78, 5) is 34.0. The lowest BCUT2D eigenvalue weighted by atomic mass is 10.1. The number of amides is 2. The fraction of sp³-hybridized carbons (Fsp3) is 0.357. The molecule has 0 fully saturated rings. The number of carboxylic acid groups (broad SMARTS) is 1. The zero-order valence-corrected chi connectivity index (χ0v) is 11.5. The van der Waals surface area contributed by atoms with Crippen molar-refractivity contribution < 1.29 is 24.2 Å². The standard InChI is InChI=1S/C14H16N2O5/c1-2-9(6-13(18)19)15-14(20)8-3-4-10-11(5-8)21-7-12(17)16-10/h3-5,9H,2,6-7H2,1H3,(H,15,20)(H,16,17)(H,18,19). The highest BCUT2D eigenvalue weighted by molar-refractivity contribution is 5.99. The third-order valence-corrected chi connectivity index (χ3v) is 3.13.